The van der Waals surface area contributed by atoms with Gasteiger partial charge in [0.1, 0.15) is 10.8 Å². The molecule has 3 N–H and O–H groups in total. The summed E-state index contributed by atoms with van der Waals surface area (Å²) in [6, 6.07) is 1.55. The van der Waals surface area contributed by atoms with Crippen molar-refractivity contribution >= 4 is 34.7 Å². The van der Waals surface area contributed by atoms with Gasteiger partial charge in [0.15, 0.2) is 10.8 Å². The highest BCUT2D eigenvalue weighted by Gasteiger charge is 2.36. The lowest BCUT2D eigenvalue weighted by atomic mass is 9.92. The Labute approximate surface area is 152 Å². The molecular weight excluding hydrogens is 368 g/mol. The summed E-state index contributed by atoms with van der Waals surface area (Å²) < 4.78 is 5.64. The normalized spacial score (nSPS) is 19.0. The minimum Gasteiger partial charge on any atom is -0.469 e. The number of aromatic nitrogens is 2. The molecule has 0 saturated carbocycles. The first-order chi connectivity index (χ1) is 11.8. The van der Waals surface area contributed by atoms with Crippen LogP contribution in [0.2, 0.25) is 5.15 Å². The zero-order valence-corrected chi connectivity index (χ0v) is 15.0. The quantitative estimate of drug-likeness (QED) is 0.359. The van der Waals surface area contributed by atoms with E-state index in [0.29, 0.717) is 22.9 Å². The molecule has 10 heteroatoms. The second-order valence-electron chi connectivity index (χ2n) is 5.94. The summed E-state index contributed by atoms with van der Waals surface area (Å²) in [6.07, 6.45) is 0.928. The third-order valence-electron chi connectivity index (χ3n) is 3.66. The number of oxime groups is 1. The highest BCUT2D eigenvalue weighted by Crippen LogP contribution is 2.32. The van der Waals surface area contributed by atoms with Crippen LogP contribution in [0.25, 0.3) is 0 Å². The van der Waals surface area contributed by atoms with Gasteiger partial charge in [0.2, 0.25) is 5.88 Å². The van der Waals surface area contributed by atoms with Gasteiger partial charge in [-0.3, -0.25) is 0 Å². The fraction of sp³-hybridized carbons (Fsp3) is 0.333. The van der Waals surface area contributed by atoms with Crippen molar-refractivity contribution in [2.75, 3.05) is 0 Å². The predicted octanol–water partition coefficient (Wildman–Crippen LogP) is 1.74. The Balaban J connectivity index is 1.74. The second kappa shape index (κ2) is 6.58. The summed E-state index contributed by atoms with van der Waals surface area (Å²) in [5, 5.41) is 15.9. The Kier molecular flexibility index (Phi) is 4.63. The zero-order valence-electron chi connectivity index (χ0n) is 13.4. The molecule has 2 aromatic rings. The second-order valence-corrected chi connectivity index (χ2v) is 7.19. The molecule has 0 aliphatic carbocycles. The molecule has 25 heavy (non-hydrogen) atoms. The number of fused-ring (bicyclic) bond motifs is 1. The number of nitrogens with two attached hydrogens (primary N) is 1. The number of rotatable bonds is 3. The van der Waals surface area contributed by atoms with Crippen LogP contribution in [0.15, 0.2) is 22.8 Å². The van der Waals surface area contributed by atoms with Crippen LogP contribution in [-0.2, 0) is 11.3 Å². The summed E-state index contributed by atoms with van der Waals surface area (Å²) in [4.78, 5) is 25.0. The van der Waals surface area contributed by atoms with Crippen LogP contribution < -0.4 is 10.5 Å². The van der Waals surface area contributed by atoms with Gasteiger partial charge in [-0.1, -0.05) is 16.8 Å². The van der Waals surface area contributed by atoms with Crippen molar-refractivity contribution in [1.29, 1.82) is 0 Å². The average Bonchev–Trinajstić information content (AvgIpc) is 2.99. The first kappa shape index (κ1) is 17.6. The molecule has 1 aliphatic heterocycles. The molecule has 1 unspecified atom stereocenters. The number of halogens is 1. The van der Waals surface area contributed by atoms with Crippen molar-refractivity contribution in [3.8, 4) is 5.88 Å². The number of aliphatic hydroxyl groups excluding tert-OH is 1. The molecule has 3 heterocycles. The van der Waals surface area contributed by atoms with Crippen LogP contribution in [0.4, 0.5) is 0 Å². The van der Waals surface area contributed by atoms with Crippen LogP contribution >= 0.6 is 22.9 Å². The van der Waals surface area contributed by atoms with E-state index < -0.39 is 17.7 Å². The van der Waals surface area contributed by atoms with E-state index >= 15 is 0 Å². The van der Waals surface area contributed by atoms with Crippen molar-refractivity contribution in [3.63, 3.8) is 0 Å². The highest BCUT2D eigenvalue weighted by molar-refractivity contribution is 7.12. The van der Waals surface area contributed by atoms with Crippen LogP contribution in [0.5, 0.6) is 5.88 Å². The molecule has 0 spiro atoms. The van der Waals surface area contributed by atoms with Crippen molar-refractivity contribution in [2.45, 2.75) is 32.0 Å². The van der Waals surface area contributed by atoms with E-state index in [-0.39, 0.29) is 16.6 Å². The number of ether oxygens (including phenoxy) is 1. The van der Waals surface area contributed by atoms with Crippen LogP contribution in [0.3, 0.4) is 0 Å². The molecule has 0 saturated heterocycles. The van der Waals surface area contributed by atoms with Gasteiger partial charge >= 0.3 is 5.97 Å². The van der Waals surface area contributed by atoms with Gasteiger partial charge in [-0.2, -0.15) is 0 Å². The monoisotopic (exact) mass is 382 g/mol. The predicted molar refractivity (Wildman–Crippen MR) is 91.9 cm³/mol. The van der Waals surface area contributed by atoms with Crippen LogP contribution in [-0.4, -0.2) is 38.6 Å². The maximum atomic E-state index is 12.1. The van der Waals surface area contributed by atoms with Crippen molar-refractivity contribution in [2.24, 2.45) is 10.9 Å². The Morgan fingerprint density at radius 1 is 1.60 bits per heavy atom. The Hall–Kier alpha value is -2.23. The van der Waals surface area contributed by atoms with Gasteiger partial charge < -0.3 is 20.4 Å². The smallest absolute Gasteiger partial charge is 0.367 e. The number of pyridine rings is 1. The molecular formula is C15H15ClN4O4S. The maximum absolute atomic E-state index is 12.1. The highest BCUT2D eigenvalue weighted by atomic mass is 35.5. The van der Waals surface area contributed by atoms with Crippen molar-refractivity contribution in [1.82, 2.24) is 9.97 Å². The van der Waals surface area contributed by atoms with Gasteiger partial charge in [-0.25, -0.2) is 14.8 Å². The Morgan fingerprint density at radius 2 is 2.36 bits per heavy atom. The molecule has 0 fully saturated rings. The third kappa shape index (κ3) is 3.73. The summed E-state index contributed by atoms with van der Waals surface area (Å²) in [7, 11) is 0. The van der Waals surface area contributed by atoms with E-state index in [1.54, 1.807) is 25.3 Å². The van der Waals surface area contributed by atoms with E-state index in [1.807, 2.05) is 0 Å². The first-order valence-electron chi connectivity index (χ1n) is 7.28. The van der Waals surface area contributed by atoms with E-state index in [4.69, 9.17) is 26.9 Å². The summed E-state index contributed by atoms with van der Waals surface area (Å²) in [5.74, 6) is -0.413. The molecule has 3 rings (SSSR count). The SMILES string of the molecule is CC1(C)Oc2ncc(C(=O)ON=C(N)c3nc(Cl)cs3)cc2CC1O. The third-order valence-corrected chi connectivity index (χ3v) is 4.85. The Morgan fingerprint density at radius 3 is 3.04 bits per heavy atom. The lowest BCUT2D eigenvalue weighted by molar-refractivity contribution is -0.0443. The number of carbonyl (C=O) groups excluding carboxylic acids is 1. The molecule has 1 aliphatic rings. The van der Waals surface area contributed by atoms with Gasteiger partial charge in [0, 0.05) is 23.6 Å². The van der Waals surface area contributed by atoms with Crippen LogP contribution in [0.1, 0.15) is 34.8 Å². The molecule has 8 nitrogen and oxygen atoms in total. The van der Waals surface area contributed by atoms with Gasteiger partial charge in [-0.15, -0.1) is 11.3 Å². The zero-order chi connectivity index (χ0) is 18.2. The Bertz CT molecular complexity index is 852. The summed E-state index contributed by atoms with van der Waals surface area (Å²) in [5.41, 5.74) is 5.73. The molecule has 1 atom stereocenters. The van der Waals surface area contributed by atoms with E-state index in [0.717, 1.165) is 0 Å². The van der Waals surface area contributed by atoms with Crippen molar-refractivity contribution in [3.05, 3.63) is 38.9 Å². The first-order valence-corrected chi connectivity index (χ1v) is 8.54. The van der Waals surface area contributed by atoms with E-state index in [1.165, 1.54) is 17.5 Å². The van der Waals surface area contributed by atoms with Gasteiger partial charge in [0.05, 0.1) is 11.7 Å². The molecule has 2 aromatic heterocycles. The molecule has 0 bridgehead atoms. The number of hydrogen-bond acceptors (Lipinski definition) is 8. The van der Waals surface area contributed by atoms with E-state index in [9.17, 15) is 9.90 Å². The molecule has 132 valence electrons. The number of nitrogens with zero attached hydrogens (tertiary/aromatic N) is 3. The number of aliphatic hydroxyl groups is 1. The van der Waals surface area contributed by atoms with E-state index in [2.05, 4.69) is 15.1 Å². The molecule has 0 amide bonds. The minimum atomic E-state index is -0.740. The summed E-state index contributed by atoms with van der Waals surface area (Å²) in [6.45, 7) is 3.54. The van der Waals surface area contributed by atoms with Crippen LogP contribution in [0, 0.1) is 0 Å². The molecule has 0 radical (unpaired) electrons. The number of hydrogen-bond donors (Lipinski definition) is 2. The number of carbonyl (C=O) groups is 1. The maximum Gasteiger partial charge on any atom is 0.367 e. The largest absolute Gasteiger partial charge is 0.469 e. The number of amidine groups is 1. The average molecular weight is 383 g/mol. The topological polar surface area (TPSA) is 120 Å². The molecule has 0 aromatic carbocycles. The van der Waals surface area contributed by atoms with Gasteiger partial charge in [-0.05, 0) is 19.9 Å². The van der Waals surface area contributed by atoms with Crippen molar-refractivity contribution < 1.29 is 19.5 Å². The minimum absolute atomic E-state index is 0.0586. The number of thiazole rings is 1. The lowest BCUT2D eigenvalue weighted by Crippen LogP contribution is -2.46. The fourth-order valence-corrected chi connectivity index (χ4v) is 3.01. The van der Waals surface area contributed by atoms with Gasteiger partial charge in [0.25, 0.3) is 0 Å². The standard InChI is InChI=1S/C15H15ClN4O4S/c1-15(2)9(21)4-7-3-8(5-18-12(7)23-15)14(22)24-20-11(17)13-19-10(16)6-25-13/h3,5-6,9,21H,4H2,1-2H3,(H2,17,20). The lowest BCUT2D eigenvalue weighted by Gasteiger charge is -2.36. The fourth-order valence-electron chi connectivity index (χ4n) is 2.17. The summed E-state index contributed by atoms with van der Waals surface area (Å²) >= 11 is 6.88.